The fourth-order valence-electron chi connectivity index (χ4n) is 2.76. The summed E-state index contributed by atoms with van der Waals surface area (Å²) in [6.45, 7) is 12.2. The normalized spacial score (nSPS) is 11.7. The largest absolute Gasteiger partial charge is 0.457 e. The Balaban J connectivity index is 2.35. The third-order valence-electron chi connectivity index (χ3n) is 4.17. The average molecular weight is 337 g/mol. The molecule has 0 aromatic heterocycles. The molecule has 2 aromatic carbocycles. The first kappa shape index (κ1) is 18.8. The van der Waals surface area contributed by atoms with E-state index in [0.717, 1.165) is 17.8 Å². The van der Waals surface area contributed by atoms with E-state index in [1.54, 1.807) is 6.92 Å². The van der Waals surface area contributed by atoms with Gasteiger partial charge in [-0.3, -0.25) is 0 Å². The van der Waals surface area contributed by atoms with Gasteiger partial charge >= 0.3 is 5.97 Å². The molecule has 0 saturated carbocycles. The summed E-state index contributed by atoms with van der Waals surface area (Å²) in [5.74, 6) is -0.333. The Kier molecular flexibility index (Phi) is 6.40. The smallest absolute Gasteiger partial charge is 0.333 e. The second-order valence-electron chi connectivity index (χ2n) is 6.45. The summed E-state index contributed by atoms with van der Waals surface area (Å²) in [4.78, 5) is 14.2. The lowest BCUT2D eigenvalue weighted by Crippen LogP contribution is -2.32. The number of para-hydroxylation sites is 1. The Hall–Kier alpha value is -2.55. The maximum absolute atomic E-state index is 11.9. The number of esters is 1. The van der Waals surface area contributed by atoms with Crippen molar-refractivity contribution in [2.45, 2.75) is 40.2 Å². The number of carbonyl (C=O) groups is 1. The molecule has 0 aliphatic heterocycles. The fraction of sp³-hybridized carbons (Fsp3) is 0.318. The van der Waals surface area contributed by atoms with Gasteiger partial charge in [0, 0.05) is 16.9 Å². The van der Waals surface area contributed by atoms with Crippen LogP contribution in [-0.4, -0.2) is 18.6 Å². The van der Waals surface area contributed by atoms with Crippen LogP contribution in [0.1, 0.15) is 31.4 Å². The summed E-state index contributed by atoms with van der Waals surface area (Å²) in [7, 11) is 0. The predicted octanol–water partition coefficient (Wildman–Crippen LogP) is 5.34. The highest BCUT2D eigenvalue weighted by atomic mass is 16.5. The van der Waals surface area contributed by atoms with Crippen molar-refractivity contribution < 1.29 is 9.53 Å². The first-order valence-corrected chi connectivity index (χ1v) is 8.68. The van der Waals surface area contributed by atoms with Crippen LogP contribution in [0.2, 0.25) is 0 Å². The van der Waals surface area contributed by atoms with Crippen molar-refractivity contribution in [2.75, 3.05) is 11.4 Å². The molecule has 0 fully saturated rings. The van der Waals surface area contributed by atoms with Gasteiger partial charge < -0.3 is 9.64 Å². The highest BCUT2D eigenvalue weighted by Gasteiger charge is 2.20. The third kappa shape index (κ3) is 4.96. The molecule has 25 heavy (non-hydrogen) atoms. The Bertz CT molecular complexity index is 737. The number of hydrogen-bond acceptors (Lipinski definition) is 3. The van der Waals surface area contributed by atoms with Gasteiger partial charge in [-0.05, 0) is 51.0 Å². The minimum Gasteiger partial charge on any atom is -0.457 e. The maximum Gasteiger partial charge on any atom is 0.333 e. The molecule has 0 aliphatic carbocycles. The molecule has 0 spiro atoms. The van der Waals surface area contributed by atoms with Gasteiger partial charge in [-0.2, -0.15) is 0 Å². The average Bonchev–Trinajstić information content (AvgIpc) is 2.59. The van der Waals surface area contributed by atoms with Gasteiger partial charge in [-0.1, -0.05) is 49.4 Å². The number of ether oxygens (including phenoxy) is 1. The van der Waals surface area contributed by atoms with Crippen molar-refractivity contribution in [1.29, 1.82) is 0 Å². The van der Waals surface area contributed by atoms with Crippen LogP contribution >= 0.6 is 0 Å². The molecule has 0 bridgehead atoms. The molecule has 0 radical (unpaired) electrons. The van der Waals surface area contributed by atoms with Gasteiger partial charge in [-0.15, -0.1) is 0 Å². The molecule has 0 saturated heterocycles. The van der Waals surface area contributed by atoms with Crippen molar-refractivity contribution in [1.82, 2.24) is 0 Å². The molecule has 0 aliphatic rings. The highest BCUT2D eigenvalue weighted by Crippen LogP contribution is 2.29. The minimum absolute atomic E-state index is 0.204. The molecule has 0 heterocycles. The molecule has 2 rings (SSSR count). The summed E-state index contributed by atoms with van der Waals surface area (Å²) in [6, 6.07) is 16.6. The molecule has 132 valence electrons. The van der Waals surface area contributed by atoms with E-state index in [-0.39, 0.29) is 12.1 Å². The lowest BCUT2D eigenvalue weighted by Gasteiger charge is -2.30. The second kappa shape index (κ2) is 8.52. The molecule has 3 nitrogen and oxygen atoms in total. The van der Waals surface area contributed by atoms with Crippen molar-refractivity contribution in [3.05, 3.63) is 71.8 Å². The molecule has 1 unspecified atom stereocenters. The molecular weight excluding hydrogens is 310 g/mol. The van der Waals surface area contributed by atoms with Gasteiger partial charge in [0.05, 0.1) is 6.54 Å². The number of rotatable bonds is 7. The molecule has 0 amide bonds. The van der Waals surface area contributed by atoms with Crippen LogP contribution in [0.4, 0.5) is 11.4 Å². The number of nitrogens with zero attached hydrogens (tertiary/aromatic N) is 1. The quantitative estimate of drug-likeness (QED) is 0.504. The molecular formula is C22H27NO2. The first-order valence-electron chi connectivity index (χ1n) is 8.68. The summed E-state index contributed by atoms with van der Waals surface area (Å²) in [6.07, 6.45) is 0.540. The van der Waals surface area contributed by atoms with E-state index in [4.69, 9.17) is 4.74 Å². The van der Waals surface area contributed by atoms with Gasteiger partial charge in [0.2, 0.25) is 0 Å². The summed E-state index contributed by atoms with van der Waals surface area (Å²) in [5.41, 5.74) is 5.07. The topological polar surface area (TPSA) is 29.5 Å². The SMILES string of the molecule is C=C(C)C(=O)OC(CC)CN(c1ccccc1)c1ccc(C)cc1C. The van der Waals surface area contributed by atoms with Crippen LogP contribution in [0.25, 0.3) is 0 Å². The van der Waals surface area contributed by atoms with Gasteiger partial charge in [0.25, 0.3) is 0 Å². The first-order chi connectivity index (χ1) is 11.9. The monoisotopic (exact) mass is 337 g/mol. The number of hydrogen-bond donors (Lipinski definition) is 0. The van der Waals surface area contributed by atoms with Crippen LogP contribution in [0.15, 0.2) is 60.7 Å². The van der Waals surface area contributed by atoms with Gasteiger partial charge in [0.1, 0.15) is 6.10 Å². The van der Waals surface area contributed by atoms with Crippen LogP contribution in [0.5, 0.6) is 0 Å². The maximum atomic E-state index is 11.9. The summed E-state index contributed by atoms with van der Waals surface area (Å²) >= 11 is 0. The van der Waals surface area contributed by atoms with Gasteiger partial charge in [0.15, 0.2) is 0 Å². The van der Waals surface area contributed by atoms with E-state index in [1.807, 2.05) is 25.1 Å². The van der Waals surface area contributed by atoms with E-state index in [9.17, 15) is 4.79 Å². The number of carbonyl (C=O) groups excluding carboxylic acids is 1. The van der Waals surface area contributed by atoms with Crippen molar-refractivity contribution in [3.63, 3.8) is 0 Å². The summed E-state index contributed by atoms with van der Waals surface area (Å²) < 4.78 is 5.62. The Morgan fingerprint density at radius 3 is 2.40 bits per heavy atom. The molecule has 3 heteroatoms. The fourth-order valence-corrected chi connectivity index (χ4v) is 2.76. The number of aryl methyl sites for hydroxylation is 2. The van der Waals surface area contributed by atoms with Crippen LogP contribution < -0.4 is 4.90 Å². The van der Waals surface area contributed by atoms with E-state index in [2.05, 4.69) is 55.7 Å². The molecule has 0 N–H and O–H groups in total. The van der Waals surface area contributed by atoms with E-state index in [0.29, 0.717) is 12.1 Å². The van der Waals surface area contributed by atoms with Crippen molar-refractivity contribution >= 4 is 17.3 Å². The number of anilines is 2. The van der Waals surface area contributed by atoms with Gasteiger partial charge in [-0.25, -0.2) is 4.79 Å². The Labute approximate surface area is 150 Å². The number of benzene rings is 2. The molecule has 1 atom stereocenters. The summed E-state index contributed by atoms with van der Waals surface area (Å²) in [5, 5.41) is 0. The van der Waals surface area contributed by atoms with Crippen LogP contribution in [-0.2, 0) is 9.53 Å². The van der Waals surface area contributed by atoms with E-state index < -0.39 is 0 Å². The lowest BCUT2D eigenvalue weighted by atomic mass is 10.1. The van der Waals surface area contributed by atoms with Crippen molar-refractivity contribution in [3.8, 4) is 0 Å². The zero-order chi connectivity index (χ0) is 18.4. The standard InChI is InChI=1S/C22H27NO2/c1-6-20(25-22(24)16(2)3)15-23(19-10-8-7-9-11-19)21-13-12-17(4)14-18(21)5/h7-14,20H,2,6,15H2,1,3-5H3. The van der Waals surface area contributed by atoms with E-state index in [1.165, 1.54) is 11.1 Å². The zero-order valence-corrected chi connectivity index (χ0v) is 15.6. The van der Waals surface area contributed by atoms with Crippen molar-refractivity contribution in [2.24, 2.45) is 0 Å². The Morgan fingerprint density at radius 2 is 1.84 bits per heavy atom. The zero-order valence-electron chi connectivity index (χ0n) is 15.6. The van der Waals surface area contributed by atoms with Crippen LogP contribution in [0, 0.1) is 13.8 Å². The second-order valence-corrected chi connectivity index (χ2v) is 6.45. The predicted molar refractivity (Wildman–Crippen MR) is 104 cm³/mol. The lowest BCUT2D eigenvalue weighted by molar-refractivity contribution is -0.143. The highest BCUT2D eigenvalue weighted by molar-refractivity contribution is 5.87. The Morgan fingerprint density at radius 1 is 1.16 bits per heavy atom. The molecule has 2 aromatic rings. The minimum atomic E-state index is -0.333. The van der Waals surface area contributed by atoms with E-state index >= 15 is 0 Å². The third-order valence-corrected chi connectivity index (χ3v) is 4.17. The van der Waals surface area contributed by atoms with Crippen LogP contribution in [0.3, 0.4) is 0 Å².